The van der Waals surface area contributed by atoms with Crippen LogP contribution in [0.5, 0.6) is 0 Å². The van der Waals surface area contributed by atoms with Crippen molar-refractivity contribution >= 4 is 0 Å². The van der Waals surface area contributed by atoms with Crippen LogP contribution in [0.15, 0.2) is 30.3 Å². The van der Waals surface area contributed by atoms with Gasteiger partial charge in [0.05, 0.1) is 0 Å². The predicted molar refractivity (Wildman–Crippen MR) is 94.5 cm³/mol. The van der Waals surface area contributed by atoms with Crippen LogP contribution in [0.1, 0.15) is 72.4 Å². The number of benzene rings is 1. The smallest absolute Gasteiger partial charge is 0.0325 e. The first-order valence-electron chi connectivity index (χ1n) is 8.69. The summed E-state index contributed by atoms with van der Waals surface area (Å²) in [6.45, 7) is 13.9. The molecule has 1 rings (SSSR count). The third-order valence-electron chi connectivity index (χ3n) is 3.86. The van der Waals surface area contributed by atoms with Gasteiger partial charge in [-0.3, -0.25) is 0 Å². The van der Waals surface area contributed by atoms with Crippen molar-refractivity contribution in [1.82, 2.24) is 5.32 Å². The summed E-state index contributed by atoms with van der Waals surface area (Å²) >= 11 is 0. The average molecular weight is 290 g/mol. The normalized spacial score (nSPS) is 13.6. The summed E-state index contributed by atoms with van der Waals surface area (Å²) in [7, 11) is 0. The predicted octanol–water partition coefficient (Wildman–Crippen LogP) is 5.82. The van der Waals surface area contributed by atoms with E-state index in [2.05, 4.69) is 77.2 Å². The van der Waals surface area contributed by atoms with E-state index in [1.807, 2.05) is 0 Å². The van der Waals surface area contributed by atoms with Crippen LogP contribution >= 0.6 is 0 Å². The van der Waals surface area contributed by atoms with E-state index in [1.165, 1.54) is 24.8 Å². The zero-order valence-corrected chi connectivity index (χ0v) is 14.9. The maximum absolute atomic E-state index is 3.96. The first kappa shape index (κ1) is 18.2. The third-order valence-corrected chi connectivity index (χ3v) is 3.86. The Hall–Kier alpha value is -0.820. The van der Waals surface area contributed by atoms with E-state index in [0.29, 0.717) is 18.0 Å². The Morgan fingerprint density at radius 1 is 0.714 bits per heavy atom. The van der Waals surface area contributed by atoms with Crippen molar-refractivity contribution < 1.29 is 0 Å². The molecular weight excluding hydrogens is 254 g/mol. The molecule has 0 aliphatic rings. The standard InChI is InChI=1S/C20H35N/c1-15(2)12-19(13-16(3)4)21-20(14-17(5)6)18-10-8-7-9-11-18/h7-11,15-17,19-21H,12-14H2,1-6H3. The van der Waals surface area contributed by atoms with Crippen molar-refractivity contribution in [1.29, 1.82) is 0 Å². The van der Waals surface area contributed by atoms with Crippen LogP contribution in [0, 0.1) is 17.8 Å². The van der Waals surface area contributed by atoms with Gasteiger partial charge in [-0.2, -0.15) is 0 Å². The van der Waals surface area contributed by atoms with Gasteiger partial charge < -0.3 is 5.32 Å². The summed E-state index contributed by atoms with van der Waals surface area (Å²) in [5.74, 6) is 2.20. The lowest BCUT2D eigenvalue weighted by molar-refractivity contribution is 0.306. The van der Waals surface area contributed by atoms with E-state index >= 15 is 0 Å². The number of rotatable bonds is 9. The van der Waals surface area contributed by atoms with Gasteiger partial charge in [-0.15, -0.1) is 0 Å². The molecule has 0 spiro atoms. The van der Waals surface area contributed by atoms with E-state index < -0.39 is 0 Å². The van der Waals surface area contributed by atoms with E-state index in [0.717, 1.165) is 11.8 Å². The van der Waals surface area contributed by atoms with Gasteiger partial charge in [-0.05, 0) is 42.6 Å². The second-order valence-electron chi connectivity index (χ2n) is 7.72. The highest BCUT2D eigenvalue weighted by molar-refractivity contribution is 5.19. The third kappa shape index (κ3) is 7.66. The van der Waals surface area contributed by atoms with Gasteiger partial charge in [0.1, 0.15) is 0 Å². The van der Waals surface area contributed by atoms with Crippen LogP contribution in [0.2, 0.25) is 0 Å². The zero-order valence-electron chi connectivity index (χ0n) is 14.9. The molecule has 0 saturated heterocycles. The van der Waals surface area contributed by atoms with E-state index in [9.17, 15) is 0 Å². The second-order valence-corrected chi connectivity index (χ2v) is 7.72. The molecule has 1 nitrogen and oxygen atoms in total. The first-order chi connectivity index (χ1) is 9.88. The molecule has 1 atom stereocenters. The lowest BCUT2D eigenvalue weighted by Crippen LogP contribution is -2.35. The summed E-state index contributed by atoms with van der Waals surface area (Å²) in [6.07, 6.45) is 3.73. The van der Waals surface area contributed by atoms with Crippen molar-refractivity contribution in [3.63, 3.8) is 0 Å². The van der Waals surface area contributed by atoms with Gasteiger partial charge in [0.15, 0.2) is 0 Å². The highest BCUT2D eigenvalue weighted by atomic mass is 15.0. The summed E-state index contributed by atoms with van der Waals surface area (Å²) in [5.41, 5.74) is 1.43. The Morgan fingerprint density at radius 3 is 1.62 bits per heavy atom. The molecule has 0 aliphatic carbocycles. The molecule has 0 amide bonds. The molecular formula is C20H35N. The SMILES string of the molecule is CC(C)CC(CC(C)C)NC(CC(C)C)c1ccccc1. The maximum atomic E-state index is 3.96. The topological polar surface area (TPSA) is 12.0 Å². The van der Waals surface area contributed by atoms with Crippen LogP contribution in [0.25, 0.3) is 0 Å². The molecule has 0 aromatic heterocycles. The van der Waals surface area contributed by atoms with Crippen LogP contribution in [0.3, 0.4) is 0 Å². The maximum Gasteiger partial charge on any atom is 0.0325 e. The van der Waals surface area contributed by atoms with E-state index in [-0.39, 0.29) is 0 Å². The fraction of sp³-hybridized carbons (Fsp3) is 0.700. The monoisotopic (exact) mass is 289 g/mol. The average Bonchev–Trinajstić information content (AvgIpc) is 2.36. The molecule has 21 heavy (non-hydrogen) atoms. The van der Waals surface area contributed by atoms with Gasteiger partial charge in [-0.25, -0.2) is 0 Å². The fourth-order valence-corrected chi connectivity index (χ4v) is 3.11. The summed E-state index contributed by atoms with van der Waals surface area (Å²) in [5, 5.41) is 3.96. The highest BCUT2D eigenvalue weighted by Crippen LogP contribution is 2.24. The molecule has 0 radical (unpaired) electrons. The number of hydrogen-bond donors (Lipinski definition) is 1. The van der Waals surface area contributed by atoms with Crippen LogP contribution < -0.4 is 5.32 Å². The van der Waals surface area contributed by atoms with E-state index in [1.54, 1.807) is 0 Å². The molecule has 120 valence electrons. The highest BCUT2D eigenvalue weighted by Gasteiger charge is 2.19. The van der Waals surface area contributed by atoms with Gasteiger partial charge in [0.25, 0.3) is 0 Å². The molecule has 1 N–H and O–H groups in total. The van der Waals surface area contributed by atoms with Crippen molar-refractivity contribution in [2.45, 2.75) is 72.9 Å². The van der Waals surface area contributed by atoms with Gasteiger partial charge >= 0.3 is 0 Å². The first-order valence-corrected chi connectivity index (χ1v) is 8.69. The lowest BCUT2D eigenvalue weighted by Gasteiger charge is -2.29. The molecule has 1 aromatic carbocycles. The summed E-state index contributed by atoms with van der Waals surface area (Å²) < 4.78 is 0. The van der Waals surface area contributed by atoms with Crippen molar-refractivity contribution in [2.24, 2.45) is 17.8 Å². The van der Waals surface area contributed by atoms with Crippen molar-refractivity contribution in [3.8, 4) is 0 Å². The molecule has 0 saturated carbocycles. The minimum atomic E-state index is 0.480. The van der Waals surface area contributed by atoms with Crippen molar-refractivity contribution in [3.05, 3.63) is 35.9 Å². The number of nitrogens with one attached hydrogen (secondary N) is 1. The Bertz CT molecular complexity index is 357. The second kappa shape index (κ2) is 9.25. The minimum absolute atomic E-state index is 0.480. The summed E-state index contributed by atoms with van der Waals surface area (Å²) in [6, 6.07) is 12.1. The Labute approximate surface area is 132 Å². The zero-order chi connectivity index (χ0) is 15.8. The summed E-state index contributed by atoms with van der Waals surface area (Å²) in [4.78, 5) is 0. The fourth-order valence-electron chi connectivity index (χ4n) is 3.11. The lowest BCUT2D eigenvalue weighted by atomic mass is 9.91. The van der Waals surface area contributed by atoms with Crippen LogP contribution in [0.4, 0.5) is 0 Å². The van der Waals surface area contributed by atoms with Crippen molar-refractivity contribution in [2.75, 3.05) is 0 Å². The molecule has 0 heterocycles. The minimum Gasteiger partial charge on any atom is -0.307 e. The van der Waals surface area contributed by atoms with Gasteiger partial charge in [0.2, 0.25) is 0 Å². The van der Waals surface area contributed by atoms with Crippen LogP contribution in [-0.4, -0.2) is 6.04 Å². The quantitative estimate of drug-likeness (QED) is 0.603. The van der Waals surface area contributed by atoms with E-state index in [4.69, 9.17) is 0 Å². The van der Waals surface area contributed by atoms with Gasteiger partial charge in [-0.1, -0.05) is 71.9 Å². The Kier molecular flexibility index (Phi) is 8.03. The molecule has 1 aromatic rings. The Morgan fingerprint density at radius 2 is 1.19 bits per heavy atom. The molecule has 1 heteroatoms. The largest absolute Gasteiger partial charge is 0.307 e. The Balaban J connectivity index is 2.81. The number of hydrogen-bond acceptors (Lipinski definition) is 1. The molecule has 0 aliphatic heterocycles. The molecule has 0 fully saturated rings. The van der Waals surface area contributed by atoms with Crippen LogP contribution in [-0.2, 0) is 0 Å². The molecule has 0 bridgehead atoms. The molecule has 1 unspecified atom stereocenters. The van der Waals surface area contributed by atoms with Gasteiger partial charge in [0, 0.05) is 12.1 Å².